The van der Waals surface area contributed by atoms with Crippen LogP contribution in [0.5, 0.6) is 0 Å². The largest absolute Gasteiger partial charge is 0.349 e. The predicted octanol–water partition coefficient (Wildman–Crippen LogP) is 2.80. The van der Waals surface area contributed by atoms with E-state index in [0.29, 0.717) is 11.8 Å². The van der Waals surface area contributed by atoms with Gasteiger partial charge in [-0.2, -0.15) is 0 Å². The lowest BCUT2D eigenvalue weighted by Crippen LogP contribution is -2.45. The molecule has 3 heteroatoms. The van der Waals surface area contributed by atoms with Crippen LogP contribution in [0.1, 0.15) is 50.3 Å². The molecule has 2 saturated carbocycles. The molecule has 2 fully saturated rings. The second-order valence-electron chi connectivity index (χ2n) is 6.76. The van der Waals surface area contributed by atoms with Crippen LogP contribution < -0.4 is 11.1 Å². The van der Waals surface area contributed by atoms with Crippen molar-refractivity contribution in [2.45, 2.75) is 51.6 Å². The van der Waals surface area contributed by atoms with Crippen molar-refractivity contribution in [2.75, 3.05) is 0 Å². The lowest BCUT2D eigenvalue weighted by molar-refractivity contribution is -0.127. The summed E-state index contributed by atoms with van der Waals surface area (Å²) in [4.78, 5) is 12.6. The molecule has 5 atom stereocenters. The average Bonchev–Trinajstić information content (AvgIpc) is 3.08. The van der Waals surface area contributed by atoms with Crippen LogP contribution in [0.4, 0.5) is 0 Å². The lowest BCUT2D eigenvalue weighted by Gasteiger charge is -2.28. The standard InChI is InChI=1S/C18H26N2O/c1-3-12-4-6-13(7-5-12)11(2)20-18(21)16-14-8-9-15(10-14)17(16)19/h4-7,11,14-17H,3,8-10,19H2,1-2H3,(H,20,21). The van der Waals surface area contributed by atoms with Gasteiger partial charge in [0.1, 0.15) is 0 Å². The Balaban J connectivity index is 1.64. The Morgan fingerprint density at radius 3 is 2.52 bits per heavy atom. The molecule has 0 aliphatic heterocycles. The van der Waals surface area contributed by atoms with E-state index in [1.54, 1.807) is 0 Å². The molecule has 0 spiro atoms. The number of hydrogen-bond donors (Lipinski definition) is 2. The van der Waals surface area contributed by atoms with Crippen LogP contribution in [0.25, 0.3) is 0 Å². The molecule has 2 aliphatic carbocycles. The summed E-state index contributed by atoms with van der Waals surface area (Å²) in [7, 11) is 0. The summed E-state index contributed by atoms with van der Waals surface area (Å²) >= 11 is 0. The minimum Gasteiger partial charge on any atom is -0.349 e. The van der Waals surface area contributed by atoms with Gasteiger partial charge in [-0.25, -0.2) is 0 Å². The molecule has 3 N–H and O–H groups in total. The van der Waals surface area contributed by atoms with E-state index >= 15 is 0 Å². The second-order valence-corrected chi connectivity index (χ2v) is 6.76. The fourth-order valence-corrected chi connectivity index (χ4v) is 4.16. The molecular weight excluding hydrogens is 260 g/mol. The summed E-state index contributed by atoms with van der Waals surface area (Å²) in [5, 5.41) is 3.17. The van der Waals surface area contributed by atoms with Crippen LogP contribution in [0.2, 0.25) is 0 Å². The van der Waals surface area contributed by atoms with E-state index < -0.39 is 0 Å². The van der Waals surface area contributed by atoms with Gasteiger partial charge in [0.2, 0.25) is 5.91 Å². The SMILES string of the molecule is CCc1ccc(C(C)NC(=O)C2C3CCC(C3)C2N)cc1. The summed E-state index contributed by atoms with van der Waals surface area (Å²) in [6.45, 7) is 4.20. The van der Waals surface area contributed by atoms with E-state index in [1.807, 2.05) is 0 Å². The number of rotatable bonds is 4. The number of fused-ring (bicyclic) bond motifs is 2. The fraction of sp³-hybridized carbons (Fsp3) is 0.611. The first-order valence-corrected chi connectivity index (χ1v) is 8.25. The van der Waals surface area contributed by atoms with Crippen molar-refractivity contribution >= 4 is 5.91 Å². The predicted molar refractivity (Wildman–Crippen MR) is 84.7 cm³/mol. The number of hydrogen-bond acceptors (Lipinski definition) is 2. The summed E-state index contributed by atoms with van der Waals surface area (Å²) in [5.74, 6) is 1.27. The van der Waals surface area contributed by atoms with Crippen molar-refractivity contribution in [1.29, 1.82) is 0 Å². The smallest absolute Gasteiger partial charge is 0.225 e. The molecular formula is C18H26N2O. The normalized spacial score (nSPS) is 32.1. The van der Waals surface area contributed by atoms with Gasteiger partial charge in [0.15, 0.2) is 0 Å². The van der Waals surface area contributed by atoms with Gasteiger partial charge in [0, 0.05) is 6.04 Å². The third kappa shape index (κ3) is 2.71. The first-order valence-electron chi connectivity index (χ1n) is 8.25. The number of nitrogens with two attached hydrogens (primary N) is 1. The minimum absolute atomic E-state index is 0.0288. The van der Waals surface area contributed by atoms with E-state index in [4.69, 9.17) is 5.73 Å². The van der Waals surface area contributed by atoms with Gasteiger partial charge in [0.25, 0.3) is 0 Å². The first-order chi connectivity index (χ1) is 10.1. The van der Waals surface area contributed by atoms with Gasteiger partial charge in [-0.05, 0) is 55.6 Å². The molecule has 0 radical (unpaired) electrons. The number of amides is 1. The van der Waals surface area contributed by atoms with E-state index in [0.717, 1.165) is 18.4 Å². The van der Waals surface area contributed by atoms with Gasteiger partial charge in [-0.3, -0.25) is 4.79 Å². The Bertz CT molecular complexity index is 508. The zero-order valence-corrected chi connectivity index (χ0v) is 13.0. The number of carbonyl (C=O) groups excluding carboxylic acids is 1. The topological polar surface area (TPSA) is 55.1 Å². The second kappa shape index (κ2) is 5.80. The third-order valence-corrected chi connectivity index (χ3v) is 5.53. The van der Waals surface area contributed by atoms with Gasteiger partial charge >= 0.3 is 0 Å². The number of carbonyl (C=O) groups is 1. The van der Waals surface area contributed by atoms with Gasteiger partial charge in [-0.15, -0.1) is 0 Å². The van der Waals surface area contributed by atoms with Crippen molar-refractivity contribution < 1.29 is 4.79 Å². The van der Waals surface area contributed by atoms with Gasteiger partial charge in [-0.1, -0.05) is 31.2 Å². The van der Waals surface area contributed by atoms with Gasteiger partial charge < -0.3 is 11.1 Å². The van der Waals surface area contributed by atoms with Crippen molar-refractivity contribution in [1.82, 2.24) is 5.32 Å². The molecule has 3 rings (SSSR count). The maximum atomic E-state index is 12.6. The molecule has 114 valence electrons. The minimum atomic E-state index is 0.0288. The molecule has 3 nitrogen and oxygen atoms in total. The molecule has 5 unspecified atom stereocenters. The third-order valence-electron chi connectivity index (χ3n) is 5.53. The zero-order valence-electron chi connectivity index (χ0n) is 13.0. The van der Waals surface area contributed by atoms with E-state index in [9.17, 15) is 4.79 Å². The summed E-state index contributed by atoms with van der Waals surface area (Å²) in [5.41, 5.74) is 8.75. The Labute approximate surface area is 127 Å². The lowest BCUT2D eigenvalue weighted by atomic mass is 9.84. The zero-order chi connectivity index (χ0) is 15.0. The molecule has 0 heterocycles. The molecule has 0 saturated heterocycles. The Kier molecular flexibility index (Phi) is 4.03. The van der Waals surface area contributed by atoms with Crippen molar-refractivity contribution in [2.24, 2.45) is 23.5 Å². The Morgan fingerprint density at radius 2 is 1.95 bits per heavy atom. The average molecular weight is 286 g/mol. The van der Waals surface area contributed by atoms with Crippen LogP contribution in [0.15, 0.2) is 24.3 Å². The van der Waals surface area contributed by atoms with Crippen LogP contribution in [-0.4, -0.2) is 11.9 Å². The van der Waals surface area contributed by atoms with E-state index in [-0.39, 0.29) is 23.9 Å². The quantitative estimate of drug-likeness (QED) is 0.894. The van der Waals surface area contributed by atoms with Gasteiger partial charge in [0.05, 0.1) is 12.0 Å². The number of benzene rings is 1. The highest BCUT2D eigenvalue weighted by atomic mass is 16.2. The number of nitrogens with one attached hydrogen (secondary N) is 1. The highest BCUT2D eigenvalue weighted by Crippen LogP contribution is 2.47. The Hall–Kier alpha value is -1.35. The highest BCUT2D eigenvalue weighted by molar-refractivity contribution is 5.80. The molecule has 1 amide bonds. The number of aryl methyl sites for hydroxylation is 1. The monoisotopic (exact) mass is 286 g/mol. The summed E-state index contributed by atoms with van der Waals surface area (Å²) in [6, 6.07) is 8.63. The molecule has 0 aromatic heterocycles. The maximum Gasteiger partial charge on any atom is 0.225 e. The van der Waals surface area contributed by atoms with E-state index in [2.05, 4.69) is 43.4 Å². The van der Waals surface area contributed by atoms with Crippen molar-refractivity contribution in [3.05, 3.63) is 35.4 Å². The summed E-state index contributed by atoms with van der Waals surface area (Å²) < 4.78 is 0. The first kappa shape index (κ1) is 14.6. The van der Waals surface area contributed by atoms with E-state index in [1.165, 1.54) is 18.4 Å². The van der Waals surface area contributed by atoms with Crippen LogP contribution in [0, 0.1) is 17.8 Å². The Morgan fingerprint density at radius 1 is 1.29 bits per heavy atom. The molecule has 2 aliphatic rings. The van der Waals surface area contributed by atoms with Crippen molar-refractivity contribution in [3.8, 4) is 0 Å². The molecule has 21 heavy (non-hydrogen) atoms. The van der Waals surface area contributed by atoms with Crippen LogP contribution in [-0.2, 0) is 11.2 Å². The fourth-order valence-electron chi connectivity index (χ4n) is 4.16. The molecule has 1 aromatic carbocycles. The summed E-state index contributed by atoms with van der Waals surface area (Å²) in [6.07, 6.45) is 4.58. The van der Waals surface area contributed by atoms with Crippen LogP contribution in [0.3, 0.4) is 0 Å². The van der Waals surface area contributed by atoms with Crippen molar-refractivity contribution in [3.63, 3.8) is 0 Å². The van der Waals surface area contributed by atoms with Crippen LogP contribution >= 0.6 is 0 Å². The molecule has 2 bridgehead atoms. The highest BCUT2D eigenvalue weighted by Gasteiger charge is 2.49. The molecule has 1 aromatic rings. The maximum absolute atomic E-state index is 12.6.